The number of nitrogens with zero attached hydrogens (tertiary/aromatic N) is 6. The molecule has 0 radical (unpaired) electrons. The second-order valence-electron chi connectivity index (χ2n) is 8.72. The molecule has 0 spiro atoms. The molecule has 10 heteroatoms. The molecule has 1 fully saturated rings. The average Bonchev–Trinajstić information content (AvgIpc) is 3.37. The molecule has 0 N–H and O–H groups in total. The van der Waals surface area contributed by atoms with Gasteiger partial charge in [-0.05, 0) is 49.1 Å². The zero-order valence-electron chi connectivity index (χ0n) is 20.2. The Kier molecular flexibility index (Phi) is 10.00. The third-order valence-corrected chi connectivity index (χ3v) is 6.12. The quantitative estimate of drug-likeness (QED) is 0.306. The van der Waals surface area contributed by atoms with Crippen molar-refractivity contribution in [1.29, 1.82) is 0 Å². The lowest BCUT2D eigenvalue weighted by molar-refractivity contribution is 0.0980. The molecule has 2 aromatic carbocycles. The van der Waals surface area contributed by atoms with Gasteiger partial charge in [0.25, 0.3) is 5.91 Å². The predicted octanol–water partition coefficient (Wildman–Crippen LogP) is 5.54. The average molecular weight is 543 g/mol. The van der Waals surface area contributed by atoms with E-state index in [4.69, 9.17) is 0 Å². The maximum Gasteiger partial charge on any atom is 0.278 e. The number of piperidine rings is 1. The largest absolute Gasteiger partial charge is 0.341 e. The van der Waals surface area contributed by atoms with E-state index >= 15 is 0 Å². The first kappa shape index (κ1) is 28.1. The molecule has 1 aliphatic heterocycles. The van der Waals surface area contributed by atoms with E-state index in [1.807, 2.05) is 34.9 Å². The predicted molar refractivity (Wildman–Crippen MR) is 147 cm³/mol. The van der Waals surface area contributed by atoms with Crippen molar-refractivity contribution < 1.29 is 9.18 Å². The third kappa shape index (κ3) is 7.05. The van der Waals surface area contributed by atoms with Crippen molar-refractivity contribution in [2.45, 2.75) is 32.4 Å². The van der Waals surface area contributed by atoms with Gasteiger partial charge in [0, 0.05) is 49.5 Å². The zero-order valence-corrected chi connectivity index (χ0v) is 21.9. The summed E-state index contributed by atoms with van der Waals surface area (Å²) in [7, 11) is 0. The summed E-state index contributed by atoms with van der Waals surface area (Å²) in [6, 6.07) is 15.9. The summed E-state index contributed by atoms with van der Waals surface area (Å²) in [5.41, 5.74) is 2.79. The van der Waals surface area contributed by atoms with Gasteiger partial charge >= 0.3 is 0 Å². The smallest absolute Gasteiger partial charge is 0.278 e. The van der Waals surface area contributed by atoms with Crippen LogP contribution < -0.4 is 9.80 Å². The lowest BCUT2D eigenvalue weighted by atomic mass is 10.1. The molecule has 7 nitrogen and oxygen atoms in total. The summed E-state index contributed by atoms with van der Waals surface area (Å²) in [5, 5.41) is 0. The van der Waals surface area contributed by atoms with E-state index in [2.05, 4.69) is 19.9 Å². The minimum absolute atomic E-state index is 0. The first-order valence-corrected chi connectivity index (χ1v) is 11.8. The van der Waals surface area contributed by atoms with Gasteiger partial charge in [-0.1, -0.05) is 30.3 Å². The highest BCUT2D eigenvalue weighted by Crippen LogP contribution is 2.21. The van der Waals surface area contributed by atoms with E-state index in [0.717, 1.165) is 37.1 Å². The SMILES string of the molecule is Cl.Cl.O=C(c1cn(Cc2ccccc2)cn1)N(Cc1cnc(N2CCCCC2)nc1)c1ccc(F)cc1. The highest BCUT2D eigenvalue weighted by atomic mass is 35.5. The molecule has 3 heterocycles. The molecule has 0 unspecified atom stereocenters. The van der Waals surface area contributed by atoms with Crippen molar-refractivity contribution in [2.75, 3.05) is 22.9 Å². The Morgan fingerprint density at radius 3 is 2.22 bits per heavy atom. The fourth-order valence-electron chi connectivity index (χ4n) is 4.26. The third-order valence-electron chi connectivity index (χ3n) is 6.12. The molecular weight excluding hydrogens is 514 g/mol. The van der Waals surface area contributed by atoms with Crippen molar-refractivity contribution in [3.8, 4) is 0 Å². The molecule has 194 valence electrons. The summed E-state index contributed by atoms with van der Waals surface area (Å²) in [6.45, 7) is 2.79. The Morgan fingerprint density at radius 1 is 0.865 bits per heavy atom. The molecule has 1 saturated heterocycles. The molecule has 0 saturated carbocycles. The Bertz CT molecular complexity index is 1260. The number of imidazole rings is 1. The van der Waals surface area contributed by atoms with E-state index in [0.29, 0.717) is 23.9 Å². The Labute approximate surface area is 228 Å². The van der Waals surface area contributed by atoms with Crippen LogP contribution in [-0.4, -0.2) is 38.5 Å². The van der Waals surface area contributed by atoms with Crippen molar-refractivity contribution >= 4 is 42.4 Å². The van der Waals surface area contributed by atoms with Gasteiger partial charge in [0.15, 0.2) is 0 Å². The van der Waals surface area contributed by atoms with Gasteiger partial charge in [0.1, 0.15) is 11.5 Å². The second kappa shape index (κ2) is 13.2. The van der Waals surface area contributed by atoms with Crippen LogP contribution in [0.1, 0.15) is 40.9 Å². The zero-order chi connectivity index (χ0) is 24.0. The lowest BCUT2D eigenvalue weighted by Gasteiger charge is -2.27. The first-order chi connectivity index (χ1) is 17.2. The standard InChI is InChI=1S/C27H27FN6O.2ClH/c28-23-9-11-24(12-10-23)34(18-22-15-29-27(30-16-22)33-13-5-2-6-14-33)26(35)25-19-32(20-31-25)17-21-7-3-1-4-8-21;;/h1,3-4,7-12,15-16,19-20H,2,5-6,13-14,17-18H2;2*1H. The van der Waals surface area contributed by atoms with Gasteiger partial charge in [0.2, 0.25) is 5.95 Å². The molecule has 1 aliphatic rings. The molecule has 37 heavy (non-hydrogen) atoms. The molecule has 1 amide bonds. The molecule has 2 aromatic heterocycles. The number of carbonyl (C=O) groups is 1. The van der Waals surface area contributed by atoms with Crippen LogP contribution in [0.25, 0.3) is 0 Å². The van der Waals surface area contributed by atoms with Crippen LogP contribution in [0.2, 0.25) is 0 Å². The summed E-state index contributed by atoms with van der Waals surface area (Å²) >= 11 is 0. The van der Waals surface area contributed by atoms with E-state index in [1.165, 1.54) is 18.6 Å². The van der Waals surface area contributed by atoms with Crippen molar-refractivity contribution in [1.82, 2.24) is 19.5 Å². The summed E-state index contributed by atoms with van der Waals surface area (Å²) in [4.78, 5) is 30.7. The molecule has 0 aliphatic carbocycles. The molecule has 5 rings (SSSR count). The summed E-state index contributed by atoms with van der Waals surface area (Å²) in [6.07, 6.45) is 10.4. The minimum Gasteiger partial charge on any atom is -0.341 e. The first-order valence-electron chi connectivity index (χ1n) is 11.8. The Balaban J connectivity index is 0.00000190. The van der Waals surface area contributed by atoms with Crippen LogP contribution in [0.5, 0.6) is 0 Å². The van der Waals surface area contributed by atoms with Crippen LogP contribution >= 0.6 is 24.8 Å². The van der Waals surface area contributed by atoms with Crippen molar-refractivity contribution in [2.24, 2.45) is 0 Å². The summed E-state index contributed by atoms with van der Waals surface area (Å²) in [5.74, 6) is 0.0822. The number of anilines is 2. The van der Waals surface area contributed by atoms with Crippen molar-refractivity contribution in [3.63, 3.8) is 0 Å². The second-order valence-corrected chi connectivity index (χ2v) is 8.72. The summed E-state index contributed by atoms with van der Waals surface area (Å²) < 4.78 is 15.5. The Hall–Kier alpha value is -3.49. The van der Waals surface area contributed by atoms with Gasteiger partial charge in [-0.15, -0.1) is 24.8 Å². The number of hydrogen-bond donors (Lipinski definition) is 0. The van der Waals surface area contributed by atoms with E-state index in [-0.39, 0.29) is 43.1 Å². The van der Waals surface area contributed by atoms with E-state index < -0.39 is 0 Å². The van der Waals surface area contributed by atoms with Crippen LogP contribution in [0.4, 0.5) is 16.0 Å². The topological polar surface area (TPSA) is 67.2 Å². The molecule has 0 bridgehead atoms. The van der Waals surface area contributed by atoms with E-state index in [1.54, 1.807) is 42.0 Å². The fourth-order valence-corrected chi connectivity index (χ4v) is 4.26. The van der Waals surface area contributed by atoms with E-state index in [9.17, 15) is 9.18 Å². The van der Waals surface area contributed by atoms with Crippen LogP contribution in [0, 0.1) is 5.82 Å². The van der Waals surface area contributed by atoms with Crippen LogP contribution in [-0.2, 0) is 13.1 Å². The van der Waals surface area contributed by atoms with Crippen LogP contribution in [0.3, 0.4) is 0 Å². The van der Waals surface area contributed by atoms with Gasteiger partial charge in [0.05, 0.1) is 12.9 Å². The maximum atomic E-state index is 13.6. The minimum atomic E-state index is -0.359. The molecular formula is C27H29Cl2FN6O. The van der Waals surface area contributed by atoms with Crippen molar-refractivity contribution in [3.05, 3.63) is 102 Å². The monoisotopic (exact) mass is 542 g/mol. The van der Waals surface area contributed by atoms with Gasteiger partial charge < -0.3 is 14.4 Å². The van der Waals surface area contributed by atoms with Gasteiger partial charge in [-0.2, -0.15) is 0 Å². The van der Waals surface area contributed by atoms with Crippen LogP contribution in [0.15, 0.2) is 79.5 Å². The number of rotatable bonds is 7. The Morgan fingerprint density at radius 2 is 1.54 bits per heavy atom. The number of halogens is 3. The van der Waals surface area contributed by atoms with Gasteiger partial charge in [-0.3, -0.25) is 4.79 Å². The number of amides is 1. The number of benzene rings is 2. The lowest BCUT2D eigenvalue weighted by Crippen LogP contribution is -2.32. The maximum absolute atomic E-state index is 13.6. The number of hydrogen-bond acceptors (Lipinski definition) is 5. The normalized spacial score (nSPS) is 12.8. The highest BCUT2D eigenvalue weighted by molar-refractivity contribution is 6.04. The van der Waals surface area contributed by atoms with Gasteiger partial charge in [-0.25, -0.2) is 19.3 Å². The molecule has 0 atom stereocenters. The molecule has 4 aromatic rings. The highest BCUT2D eigenvalue weighted by Gasteiger charge is 2.22. The number of aromatic nitrogens is 4. The fraction of sp³-hybridized carbons (Fsp3) is 0.259. The number of carbonyl (C=O) groups excluding carboxylic acids is 1.